The van der Waals surface area contributed by atoms with Crippen LogP contribution in [-0.2, 0) is 0 Å². The monoisotopic (exact) mass is 358 g/mol. The Labute approximate surface area is 149 Å². The SMILES string of the molecule is C=CCOc1ccc2cc(-c3ccc(OCC)cc3)c(F)c(F)c2c1F. The normalized spacial score (nSPS) is 10.8. The van der Waals surface area contributed by atoms with E-state index in [-0.39, 0.29) is 23.3 Å². The van der Waals surface area contributed by atoms with Crippen LogP contribution in [0.15, 0.2) is 55.1 Å². The lowest BCUT2D eigenvalue weighted by Crippen LogP contribution is -1.99. The van der Waals surface area contributed by atoms with E-state index in [9.17, 15) is 13.2 Å². The summed E-state index contributed by atoms with van der Waals surface area (Å²) >= 11 is 0. The highest BCUT2D eigenvalue weighted by Gasteiger charge is 2.20. The minimum absolute atomic E-state index is 0.0530. The van der Waals surface area contributed by atoms with E-state index in [4.69, 9.17) is 9.47 Å². The average molecular weight is 358 g/mol. The molecule has 0 aliphatic heterocycles. The third-order valence-electron chi connectivity index (χ3n) is 3.92. The van der Waals surface area contributed by atoms with Crippen LogP contribution in [0.5, 0.6) is 11.5 Å². The Morgan fingerprint density at radius 2 is 1.65 bits per heavy atom. The van der Waals surface area contributed by atoms with Crippen molar-refractivity contribution in [1.82, 2.24) is 0 Å². The Balaban J connectivity index is 2.11. The molecule has 5 heteroatoms. The van der Waals surface area contributed by atoms with Crippen molar-refractivity contribution in [3.8, 4) is 22.6 Å². The van der Waals surface area contributed by atoms with Crippen molar-refractivity contribution in [2.24, 2.45) is 0 Å². The molecular formula is C21H17F3O2. The van der Waals surface area contributed by atoms with E-state index in [0.29, 0.717) is 17.9 Å². The van der Waals surface area contributed by atoms with Gasteiger partial charge in [0.2, 0.25) is 0 Å². The molecule has 3 aromatic rings. The number of hydrogen-bond donors (Lipinski definition) is 0. The van der Waals surface area contributed by atoms with Gasteiger partial charge >= 0.3 is 0 Å². The van der Waals surface area contributed by atoms with Gasteiger partial charge in [-0.15, -0.1) is 0 Å². The van der Waals surface area contributed by atoms with Crippen LogP contribution in [-0.4, -0.2) is 13.2 Å². The predicted octanol–water partition coefficient (Wildman–Crippen LogP) is 5.89. The predicted molar refractivity (Wildman–Crippen MR) is 96.1 cm³/mol. The fourth-order valence-electron chi connectivity index (χ4n) is 2.73. The summed E-state index contributed by atoms with van der Waals surface area (Å²) < 4.78 is 54.2. The third-order valence-corrected chi connectivity index (χ3v) is 3.92. The van der Waals surface area contributed by atoms with Gasteiger partial charge in [0.1, 0.15) is 12.4 Å². The van der Waals surface area contributed by atoms with Gasteiger partial charge in [-0.3, -0.25) is 0 Å². The van der Waals surface area contributed by atoms with Crippen LogP contribution in [0.4, 0.5) is 13.2 Å². The van der Waals surface area contributed by atoms with E-state index < -0.39 is 22.8 Å². The minimum atomic E-state index is -1.24. The average Bonchev–Trinajstić information content (AvgIpc) is 2.65. The number of fused-ring (bicyclic) bond motifs is 1. The zero-order valence-electron chi connectivity index (χ0n) is 14.2. The smallest absolute Gasteiger partial charge is 0.175 e. The second kappa shape index (κ2) is 7.52. The molecule has 0 unspecified atom stereocenters. The topological polar surface area (TPSA) is 18.5 Å². The second-order valence-corrected chi connectivity index (χ2v) is 5.58. The summed E-state index contributed by atoms with van der Waals surface area (Å²) in [6.07, 6.45) is 1.44. The first-order valence-electron chi connectivity index (χ1n) is 8.14. The Morgan fingerprint density at radius 1 is 0.923 bits per heavy atom. The van der Waals surface area contributed by atoms with E-state index >= 15 is 0 Å². The maximum atomic E-state index is 14.6. The number of ether oxygens (including phenoxy) is 2. The van der Waals surface area contributed by atoms with Crippen LogP contribution in [0.1, 0.15) is 6.92 Å². The summed E-state index contributed by atoms with van der Waals surface area (Å²) in [6, 6.07) is 10.9. The lowest BCUT2D eigenvalue weighted by Gasteiger charge is -2.12. The first kappa shape index (κ1) is 17.9. The molecule has 0 heterocycles. The highest BCUT2D eigenvalue weighted by molar-refractivity contribution is 5.90. The fraction of sp³-hybridized carbons (Fsp3) is 0.143. The van der Waals surface area contributed by atoms with Crippen molar-refractivity contribution >= 4 is 10.8 Å². The molecule has 0 aliphatic rings. The summed E-state index contributed by atoms with van der Waals surface area (Å²) in [5.41, 5.74) is 0.524. The lowest BCUT2D eigenvalue weighted by atomic mass is 9.99. The van der Waals surface area contributed by atoms with Crippen LogP contribution in [0.3, 0.4) is 0 Å². The van der Waals surface area contributed by atoms with Crippen LogP contribution < -0.4 is 9.47 Å². The molecule has 0 atom stereocenters. The molecule has 3 rings (SSSR count). The second-order valence-electron chi connectivity index (χ2n) is 5.58. The molecule has 3 aromatic carbocycles. The molecule has 0 radical (unpaired) electrons. The molecule has 2 nitrogen and oxygen atoms in total. The van der Waals surface area contributed by atoms with Gasteiger partial charge in [0.25, 0.3) is 0 Å². The highest BCUT2D eigenvalue weighted by Crippen LogP contribution is 2.35. The Hall–Kier alpha value is -2.95. The first-order valence-corrected chi connectivity index (χ1v) is 8.14. The lowest BCUT2D eigenvalue weighted by molar-refractivity contribution is 0.340. The van der Waals surface area contributed by atoms with Crippen LogP contribution in [0.2, 0.25) is 0 Å². The third kappa shape index (κ3) is 3.25. The van der Waals surface area contributed by atoms with Crippen LogP contribution in [0, 0.1) is 17.5 Å². The molecule has 0 saturated carbocycles. The molecule has 0 fully saturated rings. The number of hydrogen-bond acceptors (Lipinski definition) is 2. The Kier molecular flexibility index (Phi) is 5.16. The van der Waals surface area contributed by atoms with E-state index in [1.807, 2.05) is 6.92 Å². The van der Waals surface area contributed by atoms with Gasteiger partial charge in [-0.1, -0.05) is 30.9 Å². The van der Waals surface area contributed by atoms with Crippen molar-refractivity contribution in [1.29, 1.82) is 0 Å². The van der Waals surface area contributed by atoms with Gasteiger partial charge < -0.3 is 9.47 Å². The number of benzene rings is 3. The van der Waals surface area contributed by atoms with E-state index in [2.05, 4.69) is 6.58 Å². The van der Waals surface area contributed by atoms with Gasteiger partial charge in [0.05, 0.1) is 12.0 Å². The largest absolute Gasteiger partial charge is 0.494 e. The molecule has 0 aliphatic carbocycles. The Bertz CT molecular complexity index is 950. The van der Waals surface area contributed by atoms with Crippen molar-refractivity contribution in [3.63, 3.8) is 0 Å². The number of rotatable bonds is 6. The van der Waals surface area contributed by atoms with Crippen molar-refractivity contribution in [3.05, 3.63) is 72.6 Å². The standard InChI is InChI=1S/C21H17F3O2/c1-3-11-26-17-10-7-14-12-16(19(22)21(24)18(14)20(17)23)13-5-8-15(9-6-13)25-4-2/h3,5-10,12H,1,4,11H2,2H3. The first-order chi connectivity index (χ1) is 12.6. The molecule has 0 amide bonds. The molecule has 0 N–H and O–H groups in total. The van der Waals surface area contributed by atoms with Gasteiger partial charge in [0.15, 0.2) is 23.2 Å². The van der Waals surface area contributed by atoms with Crippen molar-refractivity contribution in [2.75, 3.05) is 13.2 Å². The molecule has 0 spiro atoms. The molecule has 0 aromatic heterocycles. The molecule has 0 saturated heterocycles. The summed E-state index contributed by atoms with van der Waals surface area (Å²) in [6.45, 7) is 5.90. The van der Waals surface area contributed by atoms with E-state index in [1.165, 1.54) is 24.3 Å². The van der Waals surface area contributed by atoms with Crippen LogP contribution >= 0.6 is 0 Å². The maximum Gasteiger partial charge on any atom is 0.175 e. The summed E-state index contributed by atoms with van der Waals surface area (Å²) in [7, 11) is 0. The highest BCUT2D eigenvalue weighted by atomic mass is 19.2. The van der Waals surface area contributed by atoms with E-state index in [1.54, 1.807) is 24.3 Å². The molecule has 0 bridgehead atoms. The fourth-order valence-corrected chi connectivity index (χ4v) is 2.73. The zero-order valence-corrected chi connectivity index (χ0v) is 14.2. The van der Waals surface area contributed by atoms with Crippen molar-refractivity contribution < 1.29 is 22.6 Å². The van der Waals surface area contributed by atoms with Gasteiger partial charge in [-0.2, -0.15) is 0 Å². The van der Waals surface area contributed by atoms with E-state index in [0.717, 1.165) is 0 Å². The van der Waals surface area contributed by atoms with Crippen molar-refractivity contribution in [2.45, 2.75) is 6.92 Å². The number of halogens is 3. The maximum absolute atomic E-state index is 14.6. The van der Waals surface area contributed by atoms with Gasteiger partial charge in [-0.25, -0.2) is 13.2 Å². The molecule has 134 valence electrons. The van der Waals surface area contributed by atoms with Crippen LogP contribution in [0.25, 0.3) is 21.9 Å². The zero-order chi connectivity index (χ0) is 18.7. The van der Waals surface area contributed by atoms with Gasteiger partial charge in [-0.05, 0) is 42.1 Å². The summed E-state index contributed by atoms with van der Waals surface area (Å²) in [5, 5.41) is -0.185. The molecular weight excluding hydrogens is 341 g/mol. The minimum Gasteiger partial charge on any atom is -0.494 e. The van der Waals surface area contributed by atoms with Gasteiger partial charge in [0, 0.05) is 5.56 Å². The molecule has 26 heavy (non-hydrogen) atoms. The Morgan fingerprint density at radius 3 is 2.31 bits per heavy atom. The summed E-state index contributed by atoms with van der Waals surface area (Å²) in [4.78, 5) is 0. The quantitative estimate of drug-likeness (QED) is 0.512. The summed E-state index contributed by atoms with van der Waals surface area (Å²) in [5.74, 6) is -2.80.